The summed E-state index contributed by atoms with van der Waals surface area (Å²) in [6.07, 6.45) is -3.49. The van der Waals surface area contributed by atoms with Crippen molar-refractivity contribution in [1.82, 2.24) is 25.2 Å². The van der Waals surface area contributed by atoms with Gasteiger partial charge in [-0.1, -0.05) is 19.0 Å². The fourth-order valence-electron chi connectivity index (χ4n) is 2.70. The molecule has 0 spiro atoms. The van der Waals surface area contributed by atoms with Crippen molar-refractivity contribution >= 4 is 5.91 Å². The molecule has 3 rings (SSSR count). The molecule has 29 heavy (non-hydrogen) atoms. The minimum atomic E-state index is -4.55. The number of hydrogen-bond acceptors (Lipinski definition) is 5. The summed E-state index contributed by atoms with van der Waals surface area (Å²) in [6.45, 7) is 5.65. The van der Waals surface area contributed by atoms with Crippen LogP contribution in [0.4, 0.5) is 13.2 Å². The van der Waals surface area contributed by atoms with Crippen molar-refractivity contribution in [3.05, 3.63) is 53.3 Å². The Bertz CT molecular complexity index is 1020. The van der Waals surface area contributed by atoms with E-state index in [1.165, 1.54) is 16.8 Å². The molecular weight excluding hydrogens is 387 g/mol. The zero-order valence-electron chi connectivity index (χ0n) is 16.3. The molecule has 3 aromatic rings. The summed E-state index contributed by atoms with van der Waals surface area (Å²) in [7, 11) is 1.68. The molecule has 0 aromatic carbocycles. The number of carbonyl (C=O) groups excluding carboxylic acids is 1. The Morgan fingerprint density at radius 2 is 1.93 bits per heavy atom. The molecule has 0 bridgehead atoms. The summed E-state index contributed by atoms with van der Waals surface area (Å²) >= 11 is 0. The lowest BCUT2D eigenvalue weighted by atomic mass is 10.1. The van der Waals surface area contributed by atoms with Crippen molar-refractivity contribution < 1.29 is 22.5 Å². The van der Waals surface area contributed by atoms with Gasteiger partial charge in [0.1, 0.15) is 17.1 Å². The van der Waals surface area contributed by atoms with E-state index in [1.54, 1.807) is 20.0 Å². The molecule has 0 aliphatic heterocycles. The van der Waals surface area contributed by atoms with E-state index < -0.39 is 17.9 Å². The smallest absolute Gasteiger partial charge is 0.359 e. The Balaban J connectivity index is 1.76. The Morgan fingerprint density at radius 1 is 1.21 bits per heavy atom. The molecule has 1 amide bonds. The number of carbonyl (C=O) groups is 1. The van der Waals surface area contributed by atoms with Crippen LogP contribution in [0.15, 0.2) is 35.0 Å². The number of pyridine rings is 1. The lowest BCUT2D eigenvalue weighted by Gasteiger charge is -2.10. The summed E-state index contributed by atoms with van der Waals surface area (Å²) < 4.78 is 45.3. The molecule has 0 radical (unpaired) electrons. The maximum atomic E-state index is 12.8. The van der Waals surface area contributed by atoms with Gasteiger partial charge in [0.05, 0.1) is 11.7 Å². The predicted octanol–water partition coefficient (Wildman–Crippen LogP) is 4.10. The van der Waals surface area contributed by atoms with E-state index in [9.17, 15) is 18.0 Å². The lowest BCUT2D eigenvalue weighted by molar-refractivity contribution is -0.141. The highest BCUT2D eigenvalue weighted by Crippen LogP contribution is 2.30. The molecule has 0 saturated heterocycles. The van der Waals surface area contributed by atoms with Crippen LogP contribution in [0.5, 0.6) is 0 Å². The van der Waals surface area contributed by atoms with Crippen LogP contribution < -0.4 is 5.32 Å². The van der Waals surface area contributed by atoms with Gasteiger partial charge in [0, 0.05) is 24.9 Å². The number of aryl methyl sites for hydroxylation is 1. The minimum Gasteiger partial charge on any atom is -0.359 e. The highest BCUT2D eigenvalue weighted by molar-refractivity contribution is 5.92. The molecule has 154 valence electrons. The summed E-state index contributed by atoms with van der Waals surface area (Å²) in [5.41, 5.74) is 0.610. The van der Waals surface area contributed by atoms with Gasteiger partial charge in [-0.15, -0.1) is 0 Å². The standard InChI is InChI=1S/C19H20F3N5O2/c1-10(2)13-8-15(27(4)25-13)18(28)24-11(3)16-9-14(26-29-16)12-5-6-23-17(7-12)19(20,21)22/h5-11H,1-4H3,(H,24,28)/t11-/m1/s1. The normalized spacial score (nSPS) is 13.0. The third-order valence-electron chi connectivity index (χ3n) is 4.37. The van der Waals surface area contributed by atoms with E-state index in [-0.39, 0.29) is 23.1 Å². The third-order valence-corrected chi connectivity index (χ3v) is 4.37. The molecule has 1 N–H and O–H groups in total. The second-order valence-electron chi connectivity index (χ2n) is 6.97. The van der Waals surface area contributed by atoms with Crippen LogP contribution in [0.3, 0.4) is 0 Å². The number of nitrogens with zero attached hydrogens (tertiary/aromatic N) is 4. The van der Waals surface area contributed by atoms with Crippen LogP contribution in [0.2, 0.25) is 0 Å². The van der Waals surface area contributed by atoms with Gasteiger partial charge in [0.25, 0.3) is 5.91 Å². The van der Waals surface area contributed by atoms with E-state index in [4.69, 9.17) is 4.52 Å². The summed E-state index contributed by atoms with van der Waals surface area (Å²) in [4.78, 5) is 15.9. The number of rotatable bonds is 5. The number of hydrogen-bond donors (Lipinski definition) is 1. The lowest BCUT2D eigenvalue weighted by Crippen LogP contribution is -2.28. The Hall–Kier alpha value is -3.17. The van der Waals surface area contributed by atoms with Crippen molar-refractivity contribution in [2.45, 2.75) is 38.9 Å². The van der Waals surface area contributed by atoms with Crippen LogP contribution in [-0.2, 0) is 13.2 Å². The van der Waals surface area contributed by atoms with E-state index >= 15 is 0 Å². The number of aromatic nitrogens is 4. The fourth-order valence-corrected chi connectivity index (χ4v) is 2.70. The van der Waals surface area contributed by atoms with Crippen molar-refractivity contribution in [3.8, 4) is 11.3 Å². The minimum absolute atomic E-state index is 0.180. The molecule has 3 heterocycles. The summed E-state index contributed by atoms with van der Waals surface area (Å²) in [5.74, 6) is 0.143. The van der Waals surface area contributed by atoms with Gasteiger partial charge >= 0.3 is 6.18 Å². The first-order chi connectivity index (χ1) is 13.6. The first-order valence-electron chi connectivity index (χ1n) is 8.91. The highest BCUT2D eigenvalue weighted by atomic mass is 19.4. The van der Waals surface area contributed by atoms with E-state index in [0.29, 0.717) is 11.5 Å². The average molecular weight is 407 g/mol. The molecule has 0 unspecified atom stereocenters. The zero-order valence-corrected chi connectivity index (χ0v) is 16.3. The first kappa shape index (κ1) is 20.6. The molecule has 0 aliphatic carbocycles. The van der Waals surface area contributed by atoms with Crippen LogP contribution in [-0.4, -0.2) is 25.8 Å². The molecule has 0 saturated carbocycles. The maximum absolute atomic E-state index is 12.8. The van der Waals surface area contributed by atoms with Gasteiger partial charge < -0.3 is 9.84 Å². The average Bonchev–Trinajstić information content (AvgIpc) is 3.28. The number of alkyl halides is 3. The second-order valence-corrected chi connectivity index (χ2v) is 6.97. The van der Waals surface area contributed by atoms with Gasteiger partial charge in [-0.3, -0.25) is 14.5 Å². The Kier molecular flexibility index (Phi) is 5.45. The van der Waals surface area contributed by atoms with E-state index in [2.05, 4.69) is 20.6 Å². The molecule has 0 fully saturated rings. The highest BCUT2D eigenvalue weighted by Gasteiger charge is 2.32. The SMILES string of the molecule is CC(C)c1cc(C(=O)N[C@H](C)c2cc(-c3ccnc(C(F)(F)F)c3)no2)n(C)n1. The first-order valence-corrected chi connectivity index (χ1v) is 8.91. The molecule has 3 aromatic heterocycles. The molecule has 7 nitrogen and oxygen atoms in total. The molecule has 1 atom stereocenters. The predicted molar refractivity (Wildman–Crippen MR) is 97.9 cm³/mol. The number of nitrogens with one attached hydrogen (secondary N) is 1. The second kappa shape index (κ2) is 7.69. The van der Waals surface area contributed by atoms with Crippen LogP contribution in [0.1, 0.15) is 60.4 Å². The van der Waals surface area contributed by atoms with Gasteiger partial charge in [-0.05, 0) is 31.0 Å². The summed E-state index contributed by atoms with van der Waals surface area (Å²) in [5, 5.41) is 10.9. The van der Waals surface area contributed by atoms with E-state index in [0.717, 1.165) is 18.0 Å². The number of halogens is 3. The van der Waals surface area contributed by atoms with Crippen LogP contribution in [0.25, 0.3) is 11.3 Å². The molecular formula is C19H20F3N5O2. The fraction of sp³-hybridized carbons (Fsp3) is 0.368. The van der Waals surface area contributed by atoms with Crippen molar-refractivity contribution in [2.24, 2.45) is 7.05 Å². The third kappa shape index (κ3) is 4.47. The molecule has 10 heteroatoms. The monoisotopic (exact) mass is 407 g/mol. The topological polar surface area (TPSA) is 85.8 Å². The Morgan fingerprint density at radius 3 is 2.55 bits per heavy atom. The zero-order chi connectivity index (χ0) is 21.3. The Labute approximate surface area is 164 Å². The van der Waals surface area contributed by atoms with Gasteiger partial charge in [0.2, 0.25) is 0 Å². The van der Waals surface area contributed by atoms with Crippen molar-refractivity contribution in [1.29, 1.82) is 0 Å². The molecule has 0 aliphatic rings. The maximum Gasteiger partial charge on any atom is 0.433 e. The summed E-state index contributed by atoms with van der Waals surface area (Å²) in [6, 6.07) is 4.96. The number of amides is 1. The van der Waals surface area contributed by atoms with Crippen LogP contribution in [0, 0.1) is 0 Å². The van der Waals surface area contributed by atoms with Crippen LogP contribution >= 0.6 is 0 Å². The van der Waals surface area contributed by atoms with Crippen molar-refractivity contribution in [3.63, 3.8) is 0 Å². The largest absolute Gasteiger partial charge is 0.433 e. The van der Waals surface area contributed by atoms with Crippen molar-refractivity contribution in [2.75, 3.05) is 0 Å². The van der Waals surface area contributed by atoms with E-state index in [1.807, 2.05) is 13.8 Å². The van der Waals surface area contributed by atoms with Gasteiger partial charge in [-0.25, -0.2) is 0 Å². The van der Waals surface area contributed by atoms with Gasteiger partial charge in [0.15, 0.2) is 5.76 Å². The quantitative estimate of drug-likeness (QED) is 0.688. The van der Waals surface area contributed by atoms with Gasteiger partial charge in [-0.2, -0.15) is 18.3 Å².